The molecule has 3 N–H and O–H groups in total. The summed E-state index contributed by atoms with van der Waals surface area (Å²) in [6, 6.07) is 5.04. The highest BCUT2D eigenvalue weighted by Crippen LogP contribution is 2.34. The number of aromatic nitrogens is 1. The maximum atomic E-state index is 14.0. The molecule has 2 aromatic rings. The SMILES string of the molecule is COc1cc(C)cc(C)c1C(NN)c1ccncc1F. The van der Waals surface area contributed by atoms with Crippen LogP contribution in [-0.4, -0.2) is 12.1 Å². The number of nitrogens with two attached hydrogens (primary N) is 1. The van der Waals surface area contributed by atoms with Gasteiger partial charge >= 0.3 is 0 Å². The fraction of sp³-hybridized carbons (Fsp3) is 0.267. The Hall–Kier alpha value is -1.98. The molecule has 0 bridgehead atoms. The molecule has 2 rings (SSSR count). The molecule has 0 aliphatic heterocycles. The van der Waals surface area contributed by atoms with Crippen LogP contribution in [0.4, 0.5) is 4.39 Å². The van der Waals surface area contributed by atoms with Crippen molar-refractivity contribution in [2.45, 2.75) is 19.9 Å². The van der Waals surface area contributed by atoms with Gasteiger partial charge in [0.1, 0.15) is 11.6 Å². The molecule has 5 heteroatoms. The second-order valence-corrected chi connectivity index (χ2v) is 4.69. The van der Waals surface area contributed by atoms with Crippen molar-refractivity contribution in [3.63, 3.8) is 0 Å². The lowest BCUT2D eigenvalue weighted by Crippen LogP contribution is -2.30. The van der Waals surface area contributed by atoms with Gasteiger partial charge < -0.3 is 4.74 Å². The largest absolute Gasteiger partial charge is 0.496 e. The zero-order valence-corrected chi connectivity index (χ0v) is 11.8. The normalized spacial score (nSPS) is 12.2. The van der Waals surface area contributed by atoms with Crippen molar-refractivity contribution in [2.24, 2.45) is 5.84 Å². The number of rotatable bonds is 4. The first kappa shape index (κ1) is 14.4. The van der Waals surface area contributed by atoms with E-state index in [9.17, 15) is 4.39 Å². The summed E-state index contributed by atoms with van der Waals surface area (Å²) in [5, 5.41) is 0. The maximum absolute atomic E-state index is 14.0. The van der Waals surface area contributed by atoms with Crippen LogP contribution in [0.2, 0.25) is 0 Å². The van der Waals surface area contributed by atoms with Gasteiger partial charge in [-0.15, -0.1) is 0 Å². The molecule has 1 aromatic heterocycles. The molecular weight excluding hydrogens is 257 g/mol. The summed E-state index contributed by atoms with van der Waals surface area (Å²) in [6.07, 6.45) is 2.72. The molecule has 106 valence electrons. The zero-order valence-electron chi connectivity index (χ0n) is 11.8. The Kier molecular flexibility index (Phi) is 4.32. The number of benzene rings is 1. The standard InChI is InChI=1S/C15H18FN3O/c1-9-6-10(2)14(13(7-9)20-3)15(19-17)11-4-5-18-8-12(11)16/h4-8,15,19H,17H2,1-3H3. The van der Waals surface area contributed by atoms with Crippen LogP contribution in [0, 0.1) is 19.7 Å². The van der Waals surface area contributed by atoms with Crippen molar-refractivity contribution in [3.8, 4) is 5.75 Å². The molecule has 20 heavy (non-hydrogen) atoms. The van der Waals surface area contributed by atoms with Crippen LogP contribution in [0.3, 0.4) is 0 Å². The minimum atomic E-state index is -0.492. The van der Waals surface area contributed by atoms with E-state index in [0.717, 1.165) is 16.7 Å². The molecule has 1 atom stereocenters. The van der Waals surface area contributed by atoms with Crippen molar-refractivity contribution >= 4 is 0 Å². The predicted molar refractivity (Wildman–Crippen MR) is 75.8 cm³/mol. The summed E-state index contributed by atoms with van der Waals surface area (Å²) in [6.45, 7) is 3.94. The Morgan fingerprint density at radius 3 is 2.70 bits per heavy atom. The molecule has 1 aromatic carbocycles. The van der Waals surface area contributed by atoms with Crippen LogP contribution in [-0.2, 0) is 0 Å². The number of ether oxygens (including phenoxy) is 1. The van der Waals surface area contributed by atoms with Crippen molar-refractivity contribution in [1.82, 2.24) is 10.4 Å². The van der Waals surface area contributed by atoms with Gasteiger partial charge in [-0.2, -0.15) is 0 Å². The Labute approximate surface area is 117 Å². The van der Waals surface area contributed by atoms with Gasteiger partial charge in [0.15, 0.2) is 0 Å². The second kappa shape index (κ2) is 5.98. The van der Waals surface area contributed by atoms with Gasteiger partial charge in [0.05, 0.1) is 19.3 Å². The molecule has 4 nitrogen and oxygen atoms in total. The highest BCUT2D eigenvalue weighted by Gasteiger charge is 2.22. The molecule has 0 radical (unpaired) electrons. The Bertz CT molecular complexity index is 616. The number of aryl methyl sites for hydroxylation is 2. The molecule has 1 unspecified atom stereocenters. The van der Waals surface area contributed by atoms with E-state index in [1.165, 1.54) is 6.20 Å². The van der Waals surface area contributed by atoms with Crippen LogP contribution in [0.15, 0.2) is 30.6 Å². The summed E-state index contributed by atoms with van der Waals surface area (Å²) >= 11 is 0. The zero-order chi connectivity index (χ0) is 14.7. The molecule has 0 amide bonds. The smallest absolute Gasteiger partial charge is 0.146 e. The fourth-order valence-corrected chi connectivity index (χ4v) is 2.43. The predicted octanol–water partition coefficient (Wildman–Crippen LogP) is 2.40. The van der Waals surface area contributed by atoms with E-state index in [0.29, 0.717) is 11.3 Å². The highest BCUT2D eigenvalue weighted by atomic mass is 19.1. The number of halogens is 1. The number of hydrazine groups is 1. The summed E-state index contributed by atoms with van der Waals surface area (Å²) in [5.41, 5.74) is 5.99. The first-order valence-corrected chi connectivity index (χ1v) is 6.29. The number of methoxy groups -OCH3 is 1. The highest BCUT2D eigenvalue weighted by molar-refractivity contribution is 5.48. The minimum absolute atomic E-state index is 0.405. The van der Waals surface area contributed by atoms with Gasteiger partial charge in [-0.3, -0.25) is 10.8 Å². The van der Waals surface area contributed by atoms with Gasteiger partial charge in [0.25, 0.3) is 0 Å². The molecule has 0 saturated carbocycles. The van der Waals surface area contributed by atoms with Crippen LogP contribution >= 0.6 is 0 Å². The van der Waals surface area contributed by atoms with Crippen molar-refractivity contribution in [1.29, 1.82) is 0 Å². The van der Waals surface area contributed by atoms with Crippen molar-refractivity contribution in [2.75, 3.05) is 7.11 Å². The van der Waals surface area contributed by atoms with Gasteiger partial charge in [-0.05, 0) is 37.1 Å². The quantitative estimate of drug-likeness (QED) is 0.664. The average Bonchev–Trinajstić information content (AvgIpc) is 2.43. The fourth-order valence-electron chi connectivity index (χ4n) is 2.43. The van der Waals surface area contributed by atoms with Crippen LogP contribution in [0.25, 0.3) is 0 Å². The molecular formula is C15H18FN3O. The lowest BCUT2D eigenvalue weighted by atomic mass is 9.93. The number of hydrogen-bond donors (Lipinski definition) is 2. The van der Waals surface area contributed by atoms with E-state index < -0.39 is 11.9 Å². The summed E-state index contributed by atoms with van der Waals surface area (Å²) in [4.78, 5) is 3.76. The first-order valence-electron chi connectivity index (χ1n) is 6.29. The van der Waals surface area contributed by atoms with Crippen molar-refractivity contribution in [3.05, 3.63) is 58.7 Å². The second-order valence-electron chi connectivity index (χ2n) is 4.69. The van der Waals surface area contributed by atoms with Crippen LogP contribution in [0.1, 0.15) is 28.3 Å². The van der Waals surface area contributed by atoms with Gasteiger partial charge in [0, 0.05) is 17.3 Å². The summed E-state index contributed by atoms with van der Waals surface area (Å²) in [7, 11) is 1.59. The van der Waals surface area contributed by atoms with Gasteiger partial charge in [-0.25, -0.2) is 9.82 Å². The van der Waals surface area contributed by atoms with E-state index in [-0.39, 0.29) is 0 Å². The molecule has 0 fully saturated rings. The third kappa shape index (κ3) is 2.64. The summed E-state index contributed by atoms with van der Waals surface area (Å²) in [5.74, 6) is 5.92. The Morgan fingerprint density at radius 1 is 1.35 bits per heavy atom. The number of nitrogens with zero attached hydrogens (tertiary/aromatic N) is 1. The number of pyridine rings is 1. The molecule has 0 aliphatic carbocycles. The lowest BCUT2D eigenvalue weighted by molar-refractivity contribution is 0.402. The third-order valence-electron chi connectivity index (χ3n) is 3.28. The molecule has 1 heterocycles. The monoisotopic (exact) mass is 275 g/mol. The molecule has 0 spiro atoms. The molecule has 0 aliphatic rings. The van der Waals surface area contributed by atoms with Crippen LogP contribution < -0.4 is 16.0 Å². The van der Waals surface area contributed by atoms with Gasteiger partial charge in [0.2, 0.25) is 0 Å². The van der Waals surface area contributed by atoms with E-state index in [4.69, 9.17) is 10.6 Å². The third-order valence-corrected chi connectivity index (χ3v) is 3.28. The summed E-state index contributed by atoms with van der Waals surface area (Å²) < 4.78 is 19.4. The van der Waals surface area contributed by atoms with Gasteiger partial charge in [-0.1, -0.05) is 6.07 Å². The number of hydrogen-bond acceptors (Lipinski definition) is 4. The minimum Gasteiger partial charge on any atom is -0.496 e. The number of nitrogens with one attached hydrogen (secondary N) is 1. The average molecular weight is 275 g/mol. The van der Waals surface area contributed by atoms with E-state index in [1.54, 1.807) is 19.4 Å². The maximum Gasteiger partial charge on any atom is 0.146 e. The van der Waals surface area contributed by atoms with E-state index in [2.05, 4.69) is 10.4 Å². The van der Waals surface area contributed by atoms with Crippen molar-refractivity contribution < 1.29 is 9.13 Å². The van der Waals surface area contributed by atoms with E-state index >= 15 is 0 Å². The molecule has 0 saturated heterocycles. The first-order chi connectivity index (χ1) is 9.58. The van der Waals surface area contributed by atoms with Crippen LogP contribution in [0.5, 0.6) is 5.75 Å². The Morgan fingerprint density at radius 2 is 2.10 bits per heavy atom. The topological polar surface area (TPSA) is 60.2 Å². The lowest BCUT2D eigenvalue weighted by Gasteiger charge is -2.22. The Balaban J connectivity index is 2.61. The van der Waals surface area contributed by atoms with E-state index in [1.807, 2.05) is 26.0 Å².